The third-order valence-corrected chi connectivity index (χ3v) is 2.98. The molecule has 0 saturated carbocycles. The van der Waals surface area contributed by atoms with Gasteiger partial charge in [0.15, 0.2) is 11.6 Å². The average molecular weight is 242 g/mol. The molecule has 0 aliphatic rings. The molecule has 17 heavy (non-hydrogen) atoms. The second-order valence-corrected chi connectivity index (χ2v) is 5.14. The van der Waals surface area contributed by atoms with E-state index in [2.05, 4.69) is 0 Å². The Balaban J connectivity index is 3.30. The van der Waals surface area contributed by atoms with E-state index in [-0.39, 0.29) is 17.4 Å². The molecule has 0 bridgehead atoms. The Kier molecular flexibility index (Phi) is 4.12. The van der Waals surface area contributed by atoms with Gasteiger partial charge in [-0.1, -0.05) is 20.8 Å². The van der Waals surface area contributed by atoms with Crippen LogP contribution < -0.4 is 4.74 Å². The SMILES string of the molecule is CCC(C)(C)c1c(F)ccc(OC(C)C)c1F. The van der Waals surface area contributed by atoms with E-state index in [4.69, 9.17) is 4.74 Å². The summed E-state index contributed by atoms with van der Waals surface area (Å²) in [7, 11) is 0. The van der Waals surface area contributed by atoms with E-state index in [0.717, 1.165) is 0 Å². The zero-order valence-corrected chi connectivity index (χ0v) is 11.1. The number of halogens is 2. The Labute approximate surface area is 102 Å². The second kappa shape index (κ2) is 5.03. The highest BCUT2D eigenvalue weighted by Crippen LogP contribution is 2.35. The van der Waals surface area contributed by atoms with E-state index in [1.807, 2.05) is 34.6 Å². The summed E-state index contributed by atoms with van der Waals surface area (Å²) < 4.78 is 33.3. The summed E-state index contributed by atoms with van der Waals surface area (Å²) in [6, 6.07) is 2.62. The van der Waals surface area contributed by atoms with Crippen LogP contribution in [-0.2, 0) is 5.41 Å². The zero-order valence-electron chi connectivity index (χ0n) is 11.1. The zero-order chi connectivity index (χ0) is 13.2. The number of benzene rings is 1. The Hall–Kier alpha value is -1.12. The van der Waals surface area contributed by atoms with E-state index < -0.39 is 17.0 Å². The van der Waals surface area contributed by atoms with Crippen molar-refractivity contribution in [1.82, 2.24) is 0 Å². The summed E-state index contributed by atoms with van der Waals surface area (Å²) in [5.74, 6) is -0.964. The van der Waals surface area contributed by atoms with Crippen LogP contribution >= 0.6 is 0 Å². The summed E-state index contributed by atoms with van der Waals surface area (Å²) in [5.41, 5.74) is -0.428. The van der Waals surface area contributed by atoms with E-state index >= 15 is 0 Å². The molecule has 3 heteroatoms. The molecule has 0 unspecified atom stereocenters. The highest BCUT2D eigenvalue weighted by molar-refractivity contribution is 5.36. The molecule has 0 aromatic heterocycles. The predicted octanol–water partition coefficient (Wildman–Crippen LogP) is 4.44. The molecular weight excluding hydrogens is 222 g/mol. The van der Waals surface area contributed by atoms with Gasteiger partial charge < -0.3 is 4.74 Å². The first kappa shape index (κ1) is 13.9. The van der Waals surface area contributed by atoms with Crippen molar-refractivity contribution in [1.29, 1.82) is 0 Å². The average Bonchev–Trinajstić information content (AvgIpc) is 2.22. The van der Waals surface area contributed by atoms with Crippen LogP contribution in [0.2, 0.25) is 0 Å². The van der Waals surface area contributed by atoms with Crippen molar-refractivity contribution in [3.8, 4) is 5.75 Å². The fourth-order valence-corrected chi connectivity index (χ4v) is 1.68. The van der Waals surface area contributed by atoms with Crippen LogP contribution in [-0.4, -0.2) is 6.10 Å². The Morgan fingerprint density at radius 1 is 1.24 bits per heavy atom. The molecule has 1 aromatic carbocycles. The molecule has 0 spiro atoms. The molecule has 0 amide bonds. The highest BCUT2D eigenvalue weighted by Gasteiger charge is 2.28. The van der Waals surface area contributed by atoms with Crippen LogP contribution in [0.5, 0.6) is 5.75 Å². The first-order chi connectivity index (χ1) is 7.79. The topological polar surface area (TPSA) is 9.23 Å². The molecule has 0 radical (unpaired) electrons. The van der Waals surface area contributed by atoms with Crippen molar-refractivity contribution >= 4 is 0 Å². The van der Waals surface area contributed by atoms with Gasteiger partial charge in [0.1, 0.15) is 5.82 Å². The van der Waals surface area contributed by atoms with Gasteiger partial charge in [-0.2, -0.15) is 0 Å². The number of hydrogen-bond donors (Lipinski definition) is 0. The molecule has 0 atom stereocenters. The Morgan fingerprint density at radius 2 is 1.82 bits per heavy atom. The van der Waals surface area contributed by atoms with Crippen LogP contribution in [0.15, 0.2) is 12.1 Å². The van der Waals surface area contributed by atoms with Gasteiger partial charge in [-0.05, 0) is 37.8 Å². The molecule has 0 saturated heterocycles. The van der Waals surface area contributed by atoms with Crippen LogP contribution in [0.1, 0.15) is 46.6 Å². The van der Waals surface area contributed by atoms with Crippen molar-refractivity contribution in [3.05, 3.63) is 29.3 Å². The quantitative estimate of drug-likeness (QED) is 0.758. The number of hydrogen-bond acceptors (Lipinski definition) is 1. The summed E-state index contributed by atoms with van der Waals surface area (Å²) in [5, 5.41) is 0. The second-order valence-electron chi connectivity index (χ2n) is 5.14. The molecule has 1 rings (SSSR count). The molecule has 0 aliphatic carbocycles. The van der Waals surface area contributed by atoms with Crippen LogP contribution in [0.3, 0.4) is 0 Å². The standard InChI is InChI=1S/C14H20F2O/c1-6-14(4,5)12-10(15)7-8-11(13(12)16)17-9(2)3/h7-9H,6H2,1-5H3. The van der Waals surface area contributed by atoms with Gasteiger partial charge in [0, 0.05) is 5.56 Å². The third kappa shape index (κ3) is 2.96. The molecule has 0 fully saturated rings. The van der Waals surface area contributed by atoms with E-state index in [0.29, 0.717) is 6.42 Å². The predicted molar refractivity (Wildman–Crippen MR) is 65.4 cm³/mol. The Morgan fingerprint density at radius 3 is 2.29 bits per heavy atom. The monoisotopic (exact) mass is 242 g/mol. The summed E-state index contributed by atoms with van der Waals surface area (Å²) in [4.78, 5) is 0. The molecule has 0 aliphatic heterocycles. The highest BCUT2D eigenvalue weighted by atomic mass is 19.1. The van der Waals surface area contributed by atoms with Crippen molar-refractivity contribution in [2.45, 2.75) is 52.6 Å². The van der Waals surface area contributed by atoms with Crippen LogP contribution in [0, 0.1) is 11.6 Å². The molecule has 0 N–H and O–H groups in total. The fourth-order valence-electron chi connectivity index (χ4n) is 1.68. The van der Waals surface area contributed by atoms with E-state index in [1.54, 1.807) is 0 Å². The van der Waals surface area contributed by atoms with Gasteiger partial charge in [0.05, 0.1) is 6.10 Å². The lowest BCUT2D eigenvalue weighted by Gasteiger charge is -2.25. The summed E-state index contributed by atoms with van der Waals surface area (Å²) in [6.45, 7) is 9.19. The summed E-state index contributed by atoms with van der Waals surface area (Å²) >= 11 is 0. The first-order valence-electron chi connectivity index (χ1n) is 5.94. The maximum atomic E-state index is 14.2. The van der Waals surface area contributed by atoms with Crippen LogP contribution in [0.4, 0.5) is 8.78 Å². The van der Waals surface area contributed by atoms with E-state index in [1.165, 1.54) is 12.1 Å². The number of ether oxygens (including phenoxy) is 1. The smallest absolute Gasteiger partial charge is 0.171 e. The molecule has 1 nitrogen and oxygen atoms in total. The van der Waals surface area contributed by atoms with Crippen molar-refractivity contribution < 1.29 is 13.5 Å². The van der Waals surface area contributed by atoms with Crippen molar-refractivity contribution in [3.63, 3.8) is 0 Å². The minimum atomic E-state index is -0.578. The number of rotatable bonds is 4. The fraction of sp³-hybridized carbons (Fsp3) is 0.571. The molecule has 0 heterocycles. The lowest BCUT2D eigenvalue weighted by Crippen LogP contribution is -2.21. The summed E-state index contributed by atoms with van der Waals surface area (Å²) in [6.07, 6.45) is 0.527. The molecule has 1 aromatic rings. The van der Waals surface area contributed by atoms with Crippen molar-refractivity contribution in [2.24, 2.45) is 0 Å². The van der Waals surface area contributed by atoms with Gasteiger partial charge in [0.2, 0.25) is 0 Å². The maximum absolute atomic E-state index is 14.2. The van der Waals surface area contributed by atoms with Gasteiger partial charge in [-0.15, -0.1) is 0 Å². The third-order valence-electron chi connectivity index (χ3n) is 2.98. The minimum Gasteiger partial charge on any atom is -0.488 e. The van der Waals surface area contributed by atoms with Gasteiger partial charge in [-0.3, -0.25) is 0 Å². The minimum absolute atomic E-state index is 0.109. The lowest BCUT2D eigenvalue weighted by atomic mass is 9.81. The van der Waals surface area contributed by atoms with Gasteiger partial charge >= 0.3 is 0 Å². The van der Waals surface area contributed by atoms with Crippen molar-refractivity contribution in [2.75, 3.05) is 0 Å². The first-order valence-corrected chi connectivity index (χ1v) is 5.94. The van der Waals surface area contributed by atoms with Crippen LogP contribution in [0.25, 0.3) is 0 Å². The Bertz CT molecular complexity index is 397. The largest absolute Gasteiger partial charge is 0.488 e. The van der Waals surface area contributed by atoms with Gasteiger partial charge in [0.25, 0.3) is 0 Å². The molecule has 96 valence electrons. The van der Waals surface area contributed by atoms with E-state index in [9.17, 15) is 8.78 Å². The lowest BCUT2D eigenvalue weighted by molar-refractivity contribution is 0.228. The normalized spacial score (nSPS) is 12.0. The maximum Gasteiger partial charge on any atom is 0.171 e. The van der Waals surface area contributed by atoms with Gasteiger partial charge in [-0.25, -0.2) is 8.78 Å². The molecular formula is C14H20F2O.